The van der Waals surface area contributed by atoms with Gasteiger partial charge in [-0.1, -0.05) is 31.2 Å². The van der Waals surface area contributed by atoms with Crippen LogP contribution in [-0.4, -0.2) is 24.5 Å². The summed E-state index contributed by atoms with van der Waals surface area (Å²) in [6.07, 6.45) is 1.32. The third-order valence-electron chi connectivity index (χ3n) is 3.55. The third-order valence-corrected chi connectivity index (χ3v) is 3.55. The molecule has 1 aromatic carbocycles. The summed E-state index contributed by atoms with van der Waals surface area (Å²) in [5.74, 6) is 0.837. The number of aryl methyl sites for hydroxylation is 1. The van der Waals surface area contributed by atoms with Gasteiger partial charge in [0, 0.05) is 19.1 Å². The zero-order chi connectivity index (χ0) is 11.5. The first-order chi connectivity index (χ1) is 7.66. The summed E-state index contributed by atoms with van der Waals surface area (Å²) >= 11 is 0. The van der Waals surface area contributed by atoms with Gasteiger partial charge in [0.25, 0.3) is 0 Å². The maximum Gasteiger partial charge on any atom is 0.0426 e. The topological polar surface area (TPSA) is 29.3 Å². The lowest BCUT2D eigenvalue weighted by Crippen LogP contribution is -2.30. The Morgan fingerprint density at radius 2 is 2.19 bits per heavy atom. The zero-order valence-electron chi connectivity index (χ0n) is 10.3. The Hall–Kier alpha value is -0.860. The van der Waals surface area contributed by atoms with Gasteiger partial charge in [0.2, 0.25) is 0 Å². The Labute approximate surface area is 98.4 Å². The predicted octanol–water partition coefficient (Wildman–Crippen LogP) is 2.34. The summed E-state index contributed by atoms with van der Waals surface area (Å²) in [4.78, 5) is 2.49. The first-order valence-electron chi connectivity index (χ1n) is 6.20. The molecule has 2 heteroatoms. The molecule has 0 aliphatic carbocycles. The first-order valence-corrected chi connectivity index (χ1v) is 6.20. The highest BCUT2D eigenvalue weighted by Crippen LogP contribution is 2.20. The van der Waals surface area contributed by atoms with E-state index in [1.54, 1.807) is 0 Å². The van der Waals surface area contributed by atoms with Gasteiger partial charge in [0.1, 0.15) is 0 Å². The summed E-state index contributed by atoms with van der Waals surface area (Å²) in [6, 6.07) is 8.60. The molecule has 1 aliphatic rings. The minimum Gasteiger partial charge on any atom is -0.323 e. The fourth-order valence-corrected chi connectivity index (χ4v) is 2.57. The number of rotatable bonds is 3. The van der Waals surface area contributed by atoms with Crippen LogP contribution in [0.3, 0.4) is 0 Å². The SMILES string of the molecule is Cc1ccccc1C(N)CN1CCC(C)C1. The molecule has 88 valence electrons. The standard InChI is InChI=1S/C14H22N2/c1-11-7-8-16(9-11)10-14(15)13-6-4-3-5-12(13)2/h3-6,11,14H,7-10,15H2,1-2H3. The van der Waals surface area contributed by atoms with E-state index in [0.29, 0.717) is 0 Å². The molecule has 0 radical (unpaired) electrons. The lowest BCUT2D eigenvalue weighted by atomic mass is 10.0. The number of nitrogens with two attached hydrogens (primary N) is 1. The Balaban J connectivity index is 1.98. The predicted molar refractivity (Wildman–Crippen MR) is 68.3 cm³/mol. The van der Waals surface area contributed by atoms with Gasteiger partial charge in [0.05, 0.1) is 0 Å². The van der Waals surface area contributed by atoms with Crippen molar-refractivity contribution in [2.45, 2.75) is 26.3 Å². The molecule has 0 aromatic heterocycles. The maximum atomic E-state index is 6.28. The molecule has 0 saturated carbocycles. The van der Waals surface area contributed by atoms with Crippen LogP contribution < -0.4 is 5.73 Å². The molecule has 1 saturated heterocycles. The summed E-state index contributed by atoms with van der Waals surface area (Å²) in [7, 11) is 0. The number of benzene rings is 1. The molecule has 16 heavy (non-hydrogen) atoms. The van der Waals surface area contributed by atoms with Gasteiger partial charge < -0.3 is 10.6 Å². The molecule has 2 N–H and O–H groups in total. The molecule has 1 aliphatic heterocycles. The third kappa shape index (κ3) is 2.63. The first kappa shape index (κ1) is 11.6. The van der Waals surface area contributed by atoms with E-state index in [0.717, 1.165) is 12.5 Å². The van der Waals surface area contributed by atoms with Gasteiger partial charge >= 0.3 is 0 Å². The molecule has 1 fully saturated rings. The lowest BCUT2D eigenvalue weighted by molar-refractivity contribution is 0.306. The largest absolute Gasteiger partial charge is 0.323 e. The van der Waals surface area contributed by atoms with E-state index in [4.69, 9.17) is 5.73 Å². The van der Waals surface area contributed by atoms with E-state index < -0.39 is 0 Å². The zero-order valence-corrected chi connectivity index (χ0v) is 10.3. The van der Waals surface area contributed by atoms with Crippen LogP contribution in [0, 0.1) is 12.8 Å². The second-order valence-corrected chi connectivity index (χ2v) is 5.12. The maximum absolute atomic E-state index is 6.28. The molecule has 2 unspecified atom stereocenters. The van der Waals surface area contributed by atoms with Crippen LogP contribution in [-0.2, 0) is 0 Å². The molecular formula is C14H22N2. The van der Waals surface area contributed by atoms with E-state index in [2.05, 4.69) is 43.0 Å². The highest BCUT2D eigenvalue weighted by atomic mass is 15.2. The van der Waals surface area contributed by atoms with Crippen molar-refractivity contribution in [1.29, 1.82) is 0 Å². The summed E-state index contributed by atoms with van der Waals surface area (Å²) in [5.41, 5.74) is 8.88. The van der Waals surface area contributed by atoms with Crippen molar-refractivity contribution in [1.82, 2.24) is 4.90 Å². The van der Waals surface area contributed by atoms with Crippen LogP contribution in [0.5, 0.6) is 0 Å². The lowest BCUT2D eigenvalue weighted by Gasteiger charge is -2.22. The average molecular weight is 218 g/mol. The smallest absolute Gasteiger partial charge is 0.0426 e. The van der Waals surface area contributed by atoms with Gasteiger partial charge in [-0.15, -0.1) is 0 Å². The highest BCUT2D eigenvalue weighted by Gasteiger charge is 2.21. The van der Waals surface area contributed by atoms with Crippen LogP contribution >= 0.6 is 0 Å². The van der Waals surface area contributed by atoms with Gasteiger partial charge in [-0.3, -0.25) is 0 Å². The molecule has 2 atom stereocenters. The van der Waals surface area contributed by atoms with Crippen molar-refractivity contribution < 1.29 is 0 Å². The summed E-state index contributed by atoms with van der Waals surface area (Å²) < 4.78 is 0. The summed E-state index contributed by atoms with van der Waals surface area (Å²) in [6.45, 7) is 7.87. The molecule has 1 heterocycles. The van der Waals surface area contributed by atoms with E-state index in [1.165, 1.54) is 30.6 Å². The van der Waals surface area contributed by atoms with E-state index in [-0.39, 0.29) is 6.04 Å². The van der Waals surface area contributed by atoms with Crippen LogP contribution in [0.15, 0.2) is 24.3 Å². The van der Waals surface area contributed by atoms with Crippen molar-refractivity contribution >= 4 is 0 Å². The Morgan fingerprint density at radius 1 is 1.44 bits per heavy atom. The van der Waals surface area contributed by atoms with Gasteiger partial charge in [-0.2, -0.15) is 0 Å². The van der Waals surface area contributed by atoms with Crippen LogP contribution in [0.2, 0.25) is 0 Å². The van der Waals surface area contributed by atoms with Crippen molar-refractivity contribution in [3.8, 4) is 0 Å². The second kappa shape index (κ2) is 4.98. The molecule has 2 rings (SSSR count). The molecule has 2 nitrogen and oxygen atoms in total. The van der Waals surface area contributed by atoms with Crippen molar-refractivity contribution in [3.05, 3.63) is 35.4 Å². The monoisotopic (exact) mass is 218 g/mol. The molecule has 0 amide bonds. The van der Waals surface area contributed by atoms with E-state index in [9.17, 15) is 0 Å². The number of likely N-dealkylation sites (tertiary alicyclic amines) is 1. The van der Waals surface area contributed by atoms with Crippen molar-refractivity contribution in [2.75, 3.05) is 19.6 Å². The fourth-order valence-electron chi connectivity index (χ4n) is 2.57. The second-order valence-electron chi connectivity index (χ2n) is 5.12. The van der Waals surface area contributed by atoms with Gasteiger partial charge in [-0.05, 0) is 36.9 Å². The number of hydrogen-bond acceptors (Lipinski definition) is 2. The minimum atomic E-state index is 0.159. The Bertz CT molecular complexity index is 348. The van der Waals surface area contributed by atoms with Crippen LogP contribution in [0.25, 0.3) is 0 Å². The molecular weight excluding hydrogens is 196 g/mol. The van der Waals surface area contributed by atoms with Crippen LogP contribution in [0.1, 0.15) is 30.5 Å². The normalized spacial score (nSPS) is 23.6. The Kier molecular flexibility index (Phi) is 3.62. The quantitative estimate of drug-likeness (QED) is 0.843. The highest BCUT2D eigenvalue weighted by molar-refractivity contribution is 5.28. The molecule has 1 aromatic rings. The Morgan fingerprint density at radius 3 is 2.81 bits per heavy atom. The van der Waals surface area contributed by atoms with Crippen molar-refractivity contribution in [3.63, 3.8) is 0 Å². The number of nitrogens with zero attached hydrogens (tertiary/aromatic N) is 1. The van der Waals surface area contributed by atoms with E-state index in [1.807, 2.05) is 0 Å². The summed E-state index contributed by atoms with van der Waals surface area (Å²) in [5, 5.41) is 0. The molecule has 0 spiro atoms. The van der Waals surface area contributed by atoms with Gasteiger partial charge in [0.15, 0.2) is 0 Å². The average Bonchev–Trinajstić information content (AvgIpc) is 2.64. The minimum absolute atomic E-state index is 0.159. The van der Waals surface area contributed by atoms with Gasteiger partial charge in [-0.25, -0.2) is 0 Å². The number of hydrogen-bond donors (Lipinski definition) is 1. The van der Waals surface area contributed by atoms with Crippen molar-refractivity contribution in [2.24, 2.45) is 11.7 Å². The van der Waals surface area contributed by atoms with E-state index >= 15 is 0 Å². The fraction of sp³-hybridized carbons (Fsp3) is 0.571. The molecule has 0 bridgehead atoms. The van der Waals surface area contributed by atoms with Crippen LogP contribution in [0.4, 0.5) is 0 Å².